The van der Waals surface area contributed by atoms with Gasteiger partial charge in [-0.05, 0) is 24.3 Å². The van der Waals surface area contributed by atoms with Gasteiger partial charge >= 0.3 is 0 Å². The molecule has 29 heavy (non-hydrogen) atoms. The van der Waals surface area contributed by atoms with Crippen LogP contribution in [-0.2, 0) is 16.3 Å². The first-order valence-corrected chi connectivity index (χ1v) is 10.5. The Morgan fingerprint density at radius 2 is 1.90 bits per heavy atom. The Bertz CT molecular complexity index is 1160. The smallest absolute Gasteiger partial charge is 0.271 e. The number of amides is 1. The maximum Gasteiger partial charge on any atom is 0.271 e. The molecule has 0 aliphatic heterocycles. The van der Waals surface area contributed by atoms with Crippen LogP contribution in [0.4, 0.5) is 5.69 Å². The molecule has 0 aliphatic carbocycles. The maximum atomic E-state index is 12.4. The van der Waals surface area contributed by atoms with Crippen LogP contribution in [0.25, 0.3) is 5.69 Å². The summed E-state index contributed by atoms with van der Waals surface area (Å²) in [5, 5.41) is 18.1. The van der Waals surface area contributed by atoms with Crippen molar-refractivity contribution in [2.24, 2.45) is 0 Å². The number of nitro groups is 1. The standard InChI is InChI=1S/C19H18N4O5S/c1-29(27,28)18-12-14(11-17(13-18)23(25)26)19(24)20-9-7-15-8-10-22(21-15)16-5-3-2-4-6-16/h2-6,8,10-13H,7,9H2,1H3,(H,20,24). The summed E-state index contributed by atoms with van der Waals surface area (Å²) >= 11 is 0. The molecule has 0 aliphatic rings. The number of carbonyl (C=O) groups is 1. The lowest BCUT2D eigenvalue weighted by Gasteiger charge is -2.06. The summed E-state index contributed by atoms with van der Waals surface area (Å²) < 4.78 is 25.2. The van der Waals surface area contributed by atoms with Gasteiger partial charge in [0.2, 0.25) is 0 Å². The predicted octanol–water partition coefficient (Wildman–Crippen LogP) is 2.16. The van der Waals surface area contributed by atoms with Crippen molar-refractivity contribution < 1.29 is 18.1 Å². The van der Waals surface area contributed by atoms with Gasteiger partial charge in [0.25, 0.3) is 11.6 Å². The van der Waals surface area contributed by atoms with Crippen LogP contribution < -0.4 is 5.32 Å². The number of non-ortho nitro benzene ring substituents is 1. The summed E-state index contributed by atoms with van der Waals surface area (Å²) in [5.41, 5.74) is 1.12. The average molecular weight is 414 g/mol. The van der Waals surface area contributed by atoms with Gasteiger partial charge in [0.1, 0.15) is 0 Å². The minimum atomic E-state index is -3.70. The van der Waals surface area contributed by atoms with Gasteiger partial charge in [0, 0.05) is 43.1 Å². The number of rotatable bonds is 7. The van der Waals surface area contributed by atoms with Crippen molar-refractivity contribution in [3.8, 4) is 5.69 Å². The molecule has 0 spiro atoms. The van der Waals surface area contributed by atoms with E-state index in [0.29, 0.717) is 6.42 Å². The number of nitrogens with zero attached hydrogens (tertiary/aromatic N) is 3. The zero-order valence-electron chi connectivity index (χ0n) is 15.5. The van der Waals surface area contributed by atoms with Crippen LogP contribution in [0, 0.1) is 10.1 Å². The van der Waals surface area contributed by atoms with Crippen molar-refractivity contribution in [2.75, 3.05) is 12.8 Å². The van der Waals surface area contributed by atoms with Crippen molar-refractivity contribution >= 4 is 21.4 Å². The molecule has 0 saturated heterocycles. The number of hydrogen-bond acceptors (Lipinski definition) is 6. The van der Waals surface area contributed by atoms with E-state index in [1.54, 1.807) is 4.68 Å². The molecule has 3 aromatic rings. The fourth-order valence-electron chi connectivity index (χ4n) is 2.66. The van der Waals surface area contributed by atoms with Crippen molar-refractivity contribution in [1.82, 2.24) is 15.1 Å². The van der Waals surface area contributed by atoms with Crippen LogP contribution >= 0.6 is 0 Å². The van der Waals surface area contributed by atoms with E-state index >= 15 is 0 Å². The van der Waals surface area contributed by atoms with E-state index < -0.39 is 26.4 Å². The first-order chi connectivity index (χ1) is 13.7. The molecule has 10 heteroatoms. The first-order valence-electron chi connectivity index (χ1n) is 8.62. The van der Waals surface area contributed by atoms with Crippen LogP contribution in [0.1, 0.15) is 16.1 Å². The highest BCUT2D eigenvalue weighted by atomic mass is 32.2. The van der Waals surface area contributed by atoms with Gasteiger partial charge in [-0.1, -0.05) is 18.2 Å². The van der Waals surface area contributed by atoms with Crippen LogP contribution in [0.2, 0.25) is 0 Å². The van der Waals surface area contributed by atoms with Gasteiger partial charge in [-0.25, -0.2) is 13.1 Å². The zero-order valence-corrected chi connectivity index (χ0v) is 16.3. The molecule has 0 saturated carbocycles. The molecule has 150 valence electrons. The summed E-state index contributed by atoms with van der Waals surface area (Å²) in [5.74, 6) is -0.596. The maximum absolute atomic E-state index is 12.4. The van der Waals surface area contributed by atoms with Crippen molar-refractivity contribution in [3.05, 3.63) is 82.2 Å². The van der Waals surface area contributed by atoms with Gasteiger partial charge in [0.15, 0.2) is 9.84 Å². The minimum absolute atomic E-state index is 0.0885. The number of nitrogens with one attached hydrogen (secondary N) is 1. The summed E-state index contributed by atoms with van der Waals surface area (Å²) in [6, 6.07) is 14.5. The summed E-state index contributed by atoms with van der Waals surface area (Å²) in [4.78, 5) is 22.4. The van der Waals surface area contributed by atoms with Crippen molar-refractivity contribution in [3.63, 3.8) is 0 Å². The van der Waals surface area contributed by atoms with E-state index in [1.807, 2.05) is 42.6 Å². The predicted molar refractivity (Wildman–Crippen MR) is 106 cm³/mol. The Morgan fingerprint density at radius 3 is 2.55 bits per heavy atom. The Hall–Kier alpha value is -3.53. The highest BCUT2D eigenvalue weighted by Crippen LogP contribution is 2.21. The Labute approximate surface area is 167 Å². The third kappa shape index (κ3) is 5.05. The number of aromatic nitrogens is 2. The SMILES string of the molecule is CS(=O)(=O)c1cc(C(=O)NCCc2ccn(-c3ccccc3)n2)cc([N+](=O)[O-])c1. The van der Waals surface area contributed by atoms with E-state index in [0.717, 1.165) is 35.8 Å². The molecule has 0 bridgehead atoms. The van der Waals surface area contributed by atoms with Crippen LogP contribution in [0.3, 0.4) is 0 Å². The molecule has 0 unspecified atom stereocenters. The summed E-state index contributed by atoms with van der Waals surface area (Å²) in [6.07, 6.45) is 3.18. The Balaban J connectivity index is 1.68. The second kappa shape index (κ2) is 8.23. The van der Waals surface area contributed by atoms with Crippen molar-refractivity contribution in [1.29, 1.82) is 0 Å². The van der Waals surface area contributed by atoms with E-state index in [2.05, 4.69) is 10.4 Å². The summed E-state index contributed by atoms with van der Waals surface area (Å²) in [6.45, 7) is 0.238. The molecule has 1 N–H and O–H groups in total. The largest absolute Gasteiger partial charge is 0.352 e. The molecular formula is C19H18N4O5S. The van der Waals surface area contributed by atoms with Crippen LogP contribution in [0.5, 0.6) is 0 Å². The molecule has 9 nitrogen and oxygen atoms in total. The zero-order chi connectivity index (χ0) is 21.0. The number of hydrogen-bond donors (Lipinski definition) is 1. The van der Waals surface area contributed by atoms with E-state index in [-0.39, 0.29) is 17.0 Å². The molecular weight excluding hydrogens is 396 g/mol. The second-order valence-electron chi connectivity index (χ2n) is 6.34. The van der Waals surface area contributed by atoms with Crippen LogP contribution in [0.15, 0.2) is 65.7 Å². The fraction of sp³-hybridized carbons (Fsp3) is 0.158. The topological polar surface area (TPSA) is 124 Å². The number of benzene rings is 2. The first kappa shape index (κ1) is 20.2. The van der Waals surface area contributed by atoms with Gasteiger partial charge < -0.3 is 5.32 Å². The van der Waals surface area contributed by atoms with Gasteiger partial charge in [-0.15, -0.1) is 0 Å². The molecule has 0 radical (unpaired) electrons. The third-order valence-corrected chi connectivity index (χ3v) is 5.22. The molecule has 1 aromatic heterocycles. The fourth-order valence-corrected chi connectivity index (χ4v) is 3.34. The molecule has 3 rings (SSSR count). The van der Waals surface area contributed by atoms with Gasteiger partial charge in [-0.3, -0.25) is 14.9 Å². The number of sulfone groups is 1. The summed E-state index contributed by atoms with van der Waals surface area (Å²) in [7, 11) is -3.70. The van der Waals surface area contributed by atoms with E-state index in [9.17, 15) is 23.3 Å². The lowest BCUT2D eigenvalue weighted by Crippen LogP contribution is -2.26. The molecule has 0 fully saturated rings. The minimum Gasteiger partial charge on any atom is -0.352 e. The highest BCUT2D eigenvalue weighted by Gasteiger charge is 2.19. The van der Waals surface area contributed by atoms with Gasteiger partial charge in [0.05, 0.1) is 21.2 Å². The molecule has 0 atom stereocenters. The lowest BCUT2D eigenvalue weighted by atomic mass is 10.2. The Morgan fingerprint density at radius 1 is 1.17 bits per heavy atom. The molecule has 1 heterocycles. The number of nitro benzene ring substituents is 1. The monoisotopic (exact) mass is 414 g/mol. The highest BCUT2D eigenvalue weighted by molar-refractivity contribution is 7.90. The molecule has 2 aromatic carbocycles. The number of para-hydroxylation sites is 1. The second-order valence-corrected chi connectivity index (χ2v) is 8.35. The van der Waals surface area contributed by atoms with E-state index in [4.69, 9.17) is 0 Å². The third-order valence-electron chi connectivity index (χ3n) is 4.12. The van der Waals surface area contributed by atoms with Crippen LogP contribution in [-0.4, -0.2) is 41.8 Å². The van der Waals surface area contributed by atoms with Gasteiger partial charge in [-0.2, -0.15) is 5.10 Å². The lowest BCUT2D eigenvalue weighted by molar-refractivity contribution is -0.385. The number of carbonyl (C=O) groups excluding carboxylic acids is 1. The average Bonchev–Trinajstić information content (AvgIpc) is 3.16. The Kier molecular flexibility index (Phi) is 5.74. The van der Waals surface area contributed by atoms with Crippen molar-refractivity contribution in [2.45, 2.75) is 11.3 Å². The quantitative estimate of drug-likeness (QED) is 0.467. The molecule has 1 amide bonds. The van der Waals surface area contributed by atoms with E-state index in [1.165, 1.54) is 0 Å². The normalized spacial score (nSPS) is 11.2.